The van der Waals surface area contributed by atoms with Gasteiger partial charge in [-0.3, -0.25) is 4.79 Å². The molecule has 5 unspecified atom stereocenters. The average molecular weight is 293 g/mol. The molecule has 3 saturated carbocycles. The molecule has 3 heteroatoms. The summed E-state index contributed by atoms with van der Waals surface area (Å²) < 4.78 is 6.03. The summed E-state index contributed by atoms with van der Waals surface area (Å²) in [6, 6.07) is -0.000549. The summed E-state index contributed by atoms with van der Waals surface area (Å²) in [4.78, 5) is 12.6. The topological polar surface area (TPSA) is 52.3 Å². The molecule has 0 aliphatic heterocycles. The molecule has 0 heterocycles. The quantitative estimate of drug-likeness (QED) is 0.624. The maximum Gasteiger partial charge on any atom is 0.310 e. The summed E-state index contributed by atoms with van der Waals surface area (Å²) in [5.74, 6) is 0.625. The van der Waals surface area contributed by atoms with Gasteiger partial charge in [-0.05, 0) is 43.4 Å². The van der Waals surface area contributed by atoms with Crippen LogP contribution in [0.4, 0.5) is 0 Å². The van der Waals surface area contributed by atoms with Crippen LogP contribution < -0.4 is 5.73 Å². The lowest BCUT2D eigenvalue weighted by molar-refractivity contribution is -0.162. The van der Waals surface area contributed by atoms with E-state index in [1.54, 1.807) is 0 Å². The highest BCUT2D eigenvalue weighted by molar-refractivity contribution is 5.73. The summed E-state index contributed by atoms with van der Waals surface area (Å²) in [6.45, 7) is 7.04. The van der Waals surface area contributed by atoms with Crippen molar-refractivity contribution in [2.45, 2.75) is 84.3 Å². The zero-order chi connectivity index (χ0) is 15.3. The minimum absolute atomic E-state index is 0.000549. The number of carbonyl (C=O) groups is 1. The van der Waals surface area contributed by atoms with E-state index < -0.39 is 0 Å². The normalized spacial score (nSPS) is 45.3. The average Bonchev–Trinajstić information content (AvgIpc) is 2.68. The standard InChI is InChI=1S/C18H31NO2/c1-17(2)12-9-10-18(17,3)15(11-12)21-16(20)13-7-5-4-6-8-14(13)19/h12-15H,4-11,19H2,1-3H3. The van der Waals surface area contributed by atoms with E-state index in [4.69, 9.17) is 10.5 Å². The predicted molar refractivity (Wildman–Crippen MR) is 83.7 cm³/mol. The highest BCUT2D eigenvalue weighted by Gasteiger charge is 2.63. The van der Waals surface area contributed by atoms with Crippen molar-refractivity contribution in [1.82, 2.24) is 0 Å². The largest absolute Gasteiger partial charge is 0.462 e. The summed E-state index contributed by atoms with van der Waals surface area (Å²) in [7, 11) is 0. The van der Waals surface area contributed by atoms with E-state index in [-0.39, 0.29) is 29.4 Å². The first kappa shape index (κ1) is 15.3. The minimum atomic E-state index is -0.0710. The number of hydrogen-bond acceptors (Lipinski definition) is 3. The van der Waals surface area contributed by atoms with Crippen molar-refractivity contribution in [2.24, 2.45) is 28.4 Å². The lowest BCUT2D eigenvalue weighted by Crippen LogP contribution is -2.42. The van der Waals surface area contributed by atoms with Crippen molar-refractivity contribution in [1.29, 1.82) is 0 Å². The Kier molecular flexibility index (Phi) is 3.84. The van der Waals surface area contributed by atoms with Gasteiger partial charge in [-0.1, -0.05) is 40.0 Å². The maximum absolute atomic E-state index is 12.6. The molecule has 0 amide bonds. The maximum atomic E-state index is 12.6. The summed E-state index contributed by atoms with van der Waals surface area (Å²) in [5.41, 5.74) is 6.67. The molecular formula is C18H31NO2. The first-order valence-electron chi connectivity index (χ1n) is 8.82. The molecule has 3 nitrogen and oxygen atoms in total. The fraction of sp³-hybridized carbons (Fsp3) is 0.944. The highest BCUT2D eigenvalue weighted by atomic mass is 16.5. The minimum Gasteiger partial charge on any atom is -0.462 e. The molecule has 0 aromatic rings. The molecule has 120 valence electrons. The lowest BCUT2D eigenvalue weighted by Gasteiger charge is -2.39. The second kappa shape index (κ2) is 5.26. The van der Waals surface area contributed by atoms with Crippen LogP contribution in [0.2, 0.25) is 0 Å². The first-order valence-corrected chi connectivity index (χ1v) is 8.82. The van der Waals surface area contributed by atoms with Crippen LogP contribution in [-0.4, -0.2) is 18.1 Å². The molecule has 3 rings (SSSR count). The van der Waals surface area contributed by atoms with Crippen LogP contribution in [-0.2, 0) is 9.53 Å². The molecular weight excluding hydrogens is 262 g/mol. The Morgan fingerprint density at radius 2 is 1.81 bits per heavy atom. The predicted octanol–water partition coefficient (Wildman–Crippen LogP) is 3.65. The Balaban J connectivity index is 1.68. The van der Waals surface area contributed by atoms with Gasteiger partial charge >= 0.3 is 5.97 Å². The Hall–Kier alpha value is -0.570. The van der Waals surface area contributed by atoms with Gasteiger partial charge in [-0.15, -0.1) is 0 Å². The van der Waals surface area contributed by atoms with Crippen LogP contribution in [0.25, 0.3) is 0 Å². The van der Waals surface area contributed by atoms with Crippen molar-refractivity contribution in [3.8, 4) is 0 Å². The van der Waals surface area contributed by atoms with Gasteiger partial charge in [0.1, 0.15) is 6.10 Å². The van der Waals surface area contributed by atoms with E-state index in [2.05, 4.69) is 20.8 Å². The number of carbonyl (C=O) groups excluding carboxylic acids is 1. The number of hydrogen-bond donors (Lipinski definition) is 1. The van der Waals surface area contributed by atoms with Crippen molar-refractivity contribution in [3.63, 3.8) is 0 Å². The van der Waals surface area contributed by atoms with E-state index in [9.17, 15) is 4.79 Å². The number of ether oxygens (including phenoxy) is 1. The molecule has 21 heavy (non-hydrogen) atoms. The molecule has 0 radical (unpaired) electrons. The van der Waals surface area contributed by atoms with Gasteiger partial charge < -0.3 is 10.5 Å². The zero-order valence-corrected chi connectivity index (χ0v) is 13.9. The number of nitrogens with two attached hydrogens (primary N) is 1. The van der Waals surface area contributed by atoms with E-state index in [0.29, 0.717) is 11.3 Å². The fourth-order valence-corrected chi connectivity index (χ4v) is 5.17. The fourth-order valence-electron chi connectivity index (χ4n) is 5.17. The van der Waals surface area contributed by atoms with Crippen LogP contribution in [0.3, 0.4) is 0 Å². The van der Waals surface area contributed by atoms with Crippen LogP contribution in [0, 0.1) is 22.7 Å². The third-order valence-corrected chi connectivity index (χ3v) is 7.34. The van der Waals surface area contributed by atoms with Gasteiger partial charge in [0, 0.05) is 11.5 Å². The van der Waals surface area contributed by atoms with Gasteiger partial charge in [-0.2, -0.15) is 0 Å². The second-order valence-electron chi connectivity index (χ2n) is 8.44. The van der Waals surface area contributed by atoms with Gasteiger partial charge in [0.15, 0.2) is 0 Å². The van der Waals surface area contributed by atoms with Crippen LogP contribution in [0.15, 0.2) is 0 Å². The van der Waals surface area contributed by atoms with E-state index >= 15 is 0 Å². The van der Waals surface area contributed by atoms with Gasteiger partial charge in [-0.25, -0.2) is 0 Å². The van der Waals surface area contributed by atoms with Crippen LogP contribution in [0.1, 0.15) is 72.1 Å². The van der Waals surface area contributed by atoms with Gasteiger partial charge in [0.05, 0.1) is 5.92 Å². The van der Waals surface area contributed by atoms with Crippen LogP contribution in [0.5, 0.6) is 0 Å². The van der Waals surface area contributed by atoms with E-state index in [1.165, 1.54) is 19.3 Å². The van der Waals surface area contributed by atoms with Crippen molar-refractivity contribution in [3.05, 3.63) is 0 Å². The van der Waals surface area contributed by atoms with Crippen molar-refractivity contribution in [2.75, 3.05) is 0 Å². The van der Waals surface area contributed by atoms with Crippen molar-refractivity contribution < 1.29 is 9.53 Å². The van der Waals surface area contributed by atoms with Gasteiger partial charge in [0.25, 0.3) is 0 Å². The van der Waals surface area contributed by atoms with E-state index in [1.807, 2.05) is 0 Å². The summed E-state index contributed by atoms with van der Waals surface area (Å²) in [6.07, 6.45) is 9.00. The summed E-state index contributed by atoms with van der Waals surface area (Å²) >= 11 is 0. The monoisotopic (exact) mass is 293 g/mol. The Labute approximate surface area is 129 Å². The highest BCUT2D eigenvalue weighted by Crippen LogP contribution is 2.66. The Morgan fingerprint density at radius 3 is 2.43 bits per heavy atom. The SMILES string of the molecule is CC1(C)C2CCC1(C)C(OC(=O)C1CCCCCC1N)C2. The molecule has 2 bridgehead atoms. The molecule has 0 aromatic carbocycles. The lowest BCUT2D eigenvalue weighted by atomic mass is 9.70. The van der Waals surface area contributed by atoms with E-state index in [0.717, 1.165) is 32.1 Å². The molecule has 3 fully saturated rings. The number of esters is 1. The Bertz CT molecular complexity index is 419. The second-order valence-corrected chi connectivity index (χ2v) is 8.44. The Morgan fingerprint density at radius 1 is 1.10 bits per heavy atom. The van der Waals surface area contributed by atoms with Crippen molar-refractivity contribution >= 4 is 5.97 Å². The third kappa shape index (κ3) is 2.32. The van der Waals surface area contributed by atoms with Gasteiger partial charge in [0.2, 0.25) is 0 Å². The zero-order valence-electron chi connectivity index (χ0n) is 13.9. The van der Waals surface area contributed by atoms with Crippen LogP contribution >= 0.6 is 0 Å². The molecule has 0 saturated heterocycles. The smallest absolute Gasteiger partial charge is 0.310 e. The number of fused-ring (bicyclic) bond motifs is 2. The molecule has 0 spiro atoms. The third-order valence-electron chi connectivity index (χ3n) is 7.34. The first-order chi connectivity index (χ1) is 9.86. The molecule has 2 N–H and O–H groups in total. The molecule has 0 aromatic heterocycles. The number of rotatable bonds is 2. The molecule has 3 aliphatic rings. The molecule has 5 atom stereocenters. The molecule has 3 aliphatic carbocycles. The summed E-state index contributed by atoms with van der Waals surface area (Å²) in [5, 5.41) is 0.